The van der Waals surface area contributed by atoms with Gasteiger partial charge in [-0.15, -0.1) is 0 Å². The topological polar surface area (TPSA) is 82.0 Å². The summed E-state index contributed by atoms with van der Waals surface area (Å²) in [4.78, 5) is 24.9. The number of hydrogen-bond acceptors (Lipinski definition) is 4. The average molecular weight is 479 g/mol. The maximum absolute atomic E-state index is 13.6. The molecule has 3 aromatic heterocycles. The van der Waals surface area contributed by atoms with Gasteiger partial charge in [0.1, 0.15) is 0 Å². The van der Waals surface area contributed by atoms with Crippen molar-refractivity contribution in [2.24, 2.45) is 12.8 Å². The molecule has 182 valence electrons. The van der Waals surface area contributed by atoms with Crippen molar-refractivity contribution in [3.05, 3.63) is 72.6 Å². The first-order valence-electron chi connectivity index (χ1n) is 12.6. The standard InChI is InChI=1S/C29H30N6O/c1-3-35-25-11-5-4-8-19(25)16-26(35)28-32-24-15-21(29(36)34-13-7-10-22(30)18-34)14-23(27(24)33(28)2)20-9-6-12-31-17-20/h4-6,8-9,11-12,14-17,22H,3,7,10,13,18,30H2,1-2H3. The zero-order valence-corrected chi connectivity index (χ0v) is 20.7. The average Bonchev–Trinajstić information content (AvgIpc) is 3.45. The van der Waals surface area contributed by atoms with Crippen LogP contribution in [-0.4, -0.2) is 49.0 Å². The highest BCUT2D eigenvalue weighted by Gasteiger charge is 2.25. The quantitative estimate of drug-likeness (QED) is 0.401. The Morgan fingerprint density at radius 2 is 2.00 bits per heavy atom. The van der Waals surface area contributed by atoms with Crippen LogP contribution in [0.2, 0.25) is 0 Å². The van der Waals surface area contributed by atoms with Gasteiger partial charge >= 0.3 is 0 Å². The fourth-order valence-corrected chi connectivity index (χ4v) is 5.56. The number of piperidine rings is 1. The third-order valence-corrected chi connectivity index (χ3v) is 7.29. The molecule has 1 amide bonds. The minimum absolute atomic E-state index is 0.00654. The first-order valence-corrected chi connectivity index (χ1v) is 12.6. The number of benzene rings is 2. The van der Waals surface area contributed by atoms with Crippen molar-refractivity contribution < 1.29 is 4.79 Å². The van der Waals surface area contributed by atoms with E-state index in [-0.39, 0.29) is 11.9 Å². The molecule has 7 nitrogen and oxygen atoms in total. The van der Waals surface area contributed by atoms with Crippen LogP contribution in [0.5, 0.6) is 0 Å². The summed E-state index contributed by atoms with van der Waals surface area (Å²) in [5, 5.41) is 1.19. The molecule has 2 N–H and O–H groups in total. The monoisotopic (exact) mass is 478 g/mol. The van der Waals surface area contributed by atoms with Crippen LogP contribution >= 0.6 is 0 Å². The largest absolute Gasteiger partial charge is 0.338 e. The van der Waals surface area contributed by atoms with Gasteiger partial charge in [-0.2, -0.15) is 0 Å². The number of aromatic nitrogens is 4. The number of nitrogens with zero attached hydrogens (tertiary/aromatic N) is 5. The molecule has 0 spiro atoms. The molecule has 1 aliphatic heterocycles. The second-order valence-electron chi connectivity index (χ2n) is 9.61. The van der Waals surface area contributed by atoms with Crippen LogP contribution < -0.4 is 5.73 Å². The van der Waals surface area contributed by atoms with Gasteiger partial charge in [0.05, 0.1) is 16.7 Å². The van der Waals surface area contributed by atoms with Crippen molar-refractivity contribution in [2.75, 3.05) is 13.1 Å². The number of hydrogen-bond donors (Lipinski definition) is 1. The molecule has 36 heavy (non-hydrogen) atoms. The molecule has 5 aromatic rings. The molecule has 1 fully saturated rings. The van der Waals surface area contributed by atoms with Crippen LogP contribution in [0.15, 0.2) is 67.0 Å². The summed E-state index contributed by atoms with van der Waals surface area (Å²) in [7, 11) is 2.05. The lowest BCUT2D eigenvalue weighted by Gasteiger charge is -2.31. The molecule has 6 rings (SSSR count). The predicted octanol–water partition coefficient (Wildman–Crippen LogP) is 4.84. The van der Waals surface area contributed by atoms with Crippen LogP contribution in [0.1, 0.15) is 30.1 Å². The van der Waals surface area contributed by atoms with Gasteiger partial charge in [0.15, 0.2) is 5.82 Å². The highest BCUT2D eigenvalue weighted by Crippen LogP contribution is 2.35. The van der Waals surface area contributed by atoms with E-state index in [1.54, 1.807) is 6.20 Å². The van der Waals surface area contributed by atoms with E-state index in [9.17, 15) is 4.79 Å². The fourth-order valence-electron chi connectivity index (χ4n) is 5.56. The Morgan fingerprint density at radius 3 is 2.78 bits per heavy atom. The van der Waals surface area contributed by atoms with E-state index in [4.69, 9.17) is 10.7 Å². The molecule has 0 radical (unpaired) electrons. The number of para-hydroxylation sites is 1. The van der Waals surface area contributed by atoms with E-state index in [1.807, 2.05) is 42.4 Å². The van der Waals surface area contributed by atoms with Crippen molar-refractivity contribution in [3.8, 4) is 22.6 Å². The number of pyridine rings is 1. The number of imidazole rings is 1. The molecule has 1 unspecified atom stereocenters. The number of likely N-dealkylation sites (tertiary alicyclic amines) is 1. The lowest BCUT2D eigenvalue weighted by molar-refractivity contribution is 0.0709. The summed E-state index contributed by atoms with van der Waals surface area (Å²) in [6, 6.07) is 18.5. The van der Waals surface area contributed by atoms with Crippen molar-refractivity contribution in [1.82, 2.24) is 24.0 Å². The van der Waals surface area contributed by atoms with E-state index < -0.39 is 0 Å². The summed E-state index contributed by atoms with van der Waals surface area (Å²) in [6.07, 6.45) is 5.49. The zero-order valence-electron chi connectivity index (χ0n) is 20.7. The molecule has 0 bridgehead atoms. The number of carbonyl (C=O) groups is 1. The molecular weight excluding hydrogens is 448 g/mol. The number of carbonyl (C=O) groups excluding carboxylic acids is 1. The molecule has 2 aromatic carbocycles. The van der Waals surface area contributed by atoms with E-state index >= 15 is 0 Å². The summed E-state index contributed by atoms with van der Waals surface area (Å²) in [6.45, 7) is 4.31. The van der Waals surface area contributed by atoms with Crippen LogP contribution in [0.4, 0.5) is 0 Å². The Bertz CT molecular complexity index is 1580. The third kappa shape index (κ3) is 3.67. The number of rotatable bonds is 4. The minimum atomic E-state index is 0.00654. The van der Waals surface area contributed by atoms with Crippen LogP contribution in [0.25, 0.3) is 44.6 Å². The van der Waals surface area contributed by atoms with Crippen molar-refractivity contribution in [3.63, 3.8) is 0 Å². The molecular formula is C29H30N6O. The van der Waals surface area contributed by atoms with Crippen molar-refractivity contribution >= 4 is 27.8 Å². The van der Waals surface area contributed by atoms with Gasteiger partial charge in [-0.05, 0) is 50.1 Å². The molecule has 1 atom stereocenters. The van der Waals surface area contributed by atoms with E-state index in [1.165, 1.54) is 10.9 Å². The number of fused-ring (bicyclic) bond motifs is 2. The number of aryl methyl sites for hydroxylation is 2. The molecule has 1 aliphatic rings. The van der Waals surface area contributed by atoms with E-state index in [0.29, 0.717) is 12.1 Å². The Hall–Kier alpha value is -3.97. The second kappa shape index (κ2) is 8.91. The maximum atomic E-state index is 13.6. The van der Waals surface area contributed by atoms with E-state index in [2.05, 4.69) is 51.4 Å². The highest BCUT2D eigenvalue weighted by molar-refractivity contribution is 6.03. The molecule has 0 saturated carbocycles. The maximum Gasteiger partial charge on any atom is 0.254 e. The van der Waals surface area contributed by atoms with Gasteiger partial charge in [0, 0.05) is 72.7 Å². The SMILES string of the molecule is CCn1c(-c2nc3cc(C(=O)N4CCCC(N)C4)cc(-c4cccnc4)c3n2C)cc2ccccc21. The Labute approximate surface area is 210 Å². The van der Waals surface area contributed by atoms with Gasteiger partial charge in [0.2, 0.25) is 0 Å². The molecule has 7 heteroatoms. The van der Waals surface area contributed by atoms with E-state index in [0.717, 1.165) is 59.6 Å². The van der Waals surface area contributed by atoms with Crippen LogP contribution in [0, 0.1) is 0 Å². The smallest absolute Gasteiger partial charge is 0.254 e. The lowest BCUT2D eigenvalue weighted by atomic mass is 10.0. The molecule has 4 heterocycles. The van der Waals surface area contributed by atoms with Gasteiger partial charge in [-0.3, -0.25) is 9.78 Å². The Balaban J connectivity index is 1.57. The van der Waals surface area contributed by atoms with Crippen LogP contribution in [0.3, 0.4) is 0 Å². The second-order valence-corrected chi connectivity index (χ2v) is 9.61. The summed E-state index contributed by atoms with van der Waals surface area (Å²) in [5.41, 5.74) is 12.7. The number of nitrogens with two attached hydrogens (primary N) is 1. The Morgan fingerprint density at radius 1 is 1.14 bits per heavy atom. The summed E-state index contributed by atoms with van der Waals surface area (Å²) >= 11 is 0. The number of amides is 1. The first kappa shape index (κ1) is 22.5. The minimum Gasteiger partial charge on any atom is -0.338 e. The molecule has 0 aliphatic carbocycles. The summed E-state index contributed by atoms with van der Waals surface area (Å²) < 4.78 is 4.44. The fraction of sp³-hybridized carbons (Fsp3) is 0.276. The van der Waals surface area contributed by atoms with Gasteiger partial charge in [-0.1, -0.05) is 24.3 Å². The Kier molecular flexibility index (Phi) is 5.57. The van der Waals surface area contributed by atoms with Crippen molar-refractivity contribution in [1.29, 1.82) is 0 Å². The third-order valence-electron chi connectivity index (χ3n) is 7.29. The van der Waals surface area contributed by atoms with Gasteiger partial charge in [-0.25, -0.2) is 4.98 Å². The lowest BCUT2D eigenvalue weighted by Crippen LogP contribution is -2.45. The normalized spacial score (nSPS) is 16.2. The highest BCUT2D eigenvalue weighted by atomic mass is 16.2. The van der Waals surface area contributed by atoms with Gasteiger partial charge in [0.25, 0.3) is 5.91 Å². The van der Waals surface area contributed by atoms with Crippen LogP contribution in [-0.2, 0) is 13.6 Å². The van der Waals surface area contributed by atoms with Gasteiger partial charge < -0.3 is 19.8 Å². The zero-order chi connectivity index (χ0) is 24.8. The summed E-state index contributed by atoms with van der Waals surface area (Å²) in [5.74, 6) is 0.879. The first-order chi connectivity index (χ1) is 17.5. The van der Waals surface area contributed by atoms with Crippen molar-refractivity contribution in [2.45, 2.75) is 32.4 Å². The predicted molar refractivity (Wildman–Crippen MR) is 144 cm³/mol. The molecule has 1 saturated heterocycles.